The van der Waals surface area contributed by atoms with Crippen molar-refractivity contribution in [3.63, 3.8) is 0 Å². The Hall–Kier alpha value is -1.81. The van der Waals surface area contributed by atoms with E-state index in [9.17, 15) is 4.79 Å². The number of carbonyl (C=O) groups is 1. The van der Waals surface area contributed by atoms with Crippen LogP contribution in [0.3, 0.4) is 0 Å². The van der Waals surface area contributed by atoms with Crippen LogP contribution in [-0.2, 0) is 24.1 Å². The first-order chi connectivity index (χ1) is 10.3. The van der Waals surface area contributed by atoms with Crippen LogP contribution in [-0.4, -0.2) is 19.1 Å². The van der Waals surface area contributed by atoms with Crippen LogP contribution in [0.2, 0.25) is 0 Å². The molecule has 0 spiro atoms. The minimum Gasteiger partial charge on any atom is -0.493 e. The van der Waals surface area contributed by atoms with Crippen LogP contribution in [0.25, 0.3) is 0 Å². The number of hydrogen-bond acceptors (Lipinski definition) is 3. The van der Waals surface area contributed by atoms with Crippen LogP contribution in [0, 0.1) is 0 Å². The predicted molar refractivity (Wildman–Crippen MR) is 85.0 cm³/mol. The summed E-state index contributed by atoms with van der Waals surface area (Å²) >= 11 is 1.73. The van der Waals surface area contributed by atoms with Gasteiger partial charge in [-0.15, -0.1) is 11.3 Å². The van der Waals surface area contributed by atoms with E-state index in [0.717, 1.165) is 37.2 Å². The number of nitrogens with one attached hydrogen (secondary N) is 1. The minimum atomic E-state index is 0.0863. The number of amides is 1. The summed E-state index contributed by atoms with van der Waals surface area (Å²) in [5.74, 6) is 1.06. The number of carbonyl (C=O) groups excluding carboxylic acids is 1. The molecule has 1 amide bonds. The Kier molecular flexibility index (Phi) is 4.55. The molecule has 2 heterocycles. The molecule has 1 aromatic carbocycles. The van der Waals surface area contributed by atoms with Gasteiger partial charge in [0.1, 0.15) is 5.75 Å². The first kappa shape index (κ1) is 14.1. The largest absolute Gasteiger partial charge is 0.493 e. The van der Waals surface area contributed by atoms with E-state index in [-0.39, 0.29) is 5.91 Å². The highest BCUT2D eigenvalue weighted by Crippen LogP contribution is 2.25. The van der Waals surface area contributed by atoms with Crippen molar-refractivity contribution < 1.29 is 9.53 Å². The molecule has 1 aliphatic rings. The number of thiophene rings is 1. The van der Waals surface area contributed by atoms with Crippen molar-refractivity contribution in [1.82, 2.24) is 5.32 Å². The van der Waals surface area contributed by atoms with Crippen LogP contribution in [0.15, 0.2) is 35.7 Å². The summed E-state index contributed by atoms with van der Waals surface area (Å²) in [6.45, 7) is 1.50. The van der Waals surface area contributed by atoms with Crippen molar-refractivity contribution in [3.8, 4) is 5.75 Å². The Morgan fingerprint density at radius 3 is 3.14 bits per heavy atom. The molecule has 0 unspecified atom stereocenters. The molecule has 0 saturated heterocycles. The highest BCUT2D eigenvalue weighted by Gasteiger charge is 2.11. The first-order valence-electron chi connectivity index (χ1n) is 7.35. The Morgan fingerprint density at radius 1 is 1.33 bits per heavy atom. The predicted octanol–water partition coefficient (Wildman–Crippen LogP) is 2.97. The molecule has 110 valence electrons. The summed E-state index contributed by atoms with van der Waals surface area (Å²) in [5, 5.41) is 5.05. The van der Waals surface area contributed by atoms with Gasteiger partial charge in [-0.3, -0.25) is 4.79 Å². The molecule has 0 bridgehead atoms. The Bertz CT molecular complexity index is 607. The molecular weight excluding hydrogens is 282 g/mol. The summed E-state index contributed by atoms with van der Waals surface area (Å²) < 4.78 is 5.59. The molecule has 21 heavy (non-hydrogen) atoms. The molecule has 2 aromatic rings. The van der Waals surface area contributed by atoms with Gasteiger partial charge in [-0.1, -0.05) is 18.2 Å². The fourth-order valence-electron chi connectivity index (χ4n) is 2.55. The molecular formula is C17H19NO2S. The number of hydrogen-bond donors (Lipinski definition) is 1. The Balaban J connectivity index is 1.50. The zero-order valence-corrected chi connectivity index (χ0v) is 12.7. The quantitative estimate of drug-likeness (QED) is 0.922. The zero-order chi connectivity index (χ0) is 14.5. The van der Waals surface area contributed by atoms with Gasteiger partial charge in [-0.2, -0.15) is 0 Å². The van der Waals surface area contributed by atoms with Crippen molar-refractivity contribution in [2.45, 2.75) is 25.7 Å². The standard InChI is InChI=1S/C17H19NO2S/c19-17(18-8-7-15-4-2-10-21-15)12-13-5-6-16-14(11-13)3-1-9-20-16/h2,4-6,10-11H,1,3,7-9,12H2,(H,18,19). The van der Waals surface area contributed by atoms with E-state index in [1.165, 1.54) is 10.4 Å². The monoisotopic (exact) mass is 301 g/mol. The second kappa shape index (κ2) is 6.76. The molecule has 1 N–H and O–H groups in total. The van der Waals surface area contributed by atoms with E-state index < -0.39 is 0 Å². The Labute approximate surface area is 129 Å². The van der Waals surface area contributed by atoms with Crippen molar-refractivity contribution in [2.75, 3.05) is 13.2 Å². The minimum absolute atomic E-state index is 0.0863. The summed E-state index contributed by atoms with van der Waals surface area (Å²) in [6.07, 6.45) is 3.45. The van der Waals surface area contributed by atoms with E-state index in [4.69, 9.17) is 4.74 Å². The second-order valence-electron chi connectivity index (χ2n) is 5.25. The number of ether oxygens (including phenoxy) is 1. The normalized spacial score (nSPS) is 13.3. The van der Waals surface area contributed by atoms with Crippen LogP contribution < -0.4 is 10.1 Å². The van der Waals surface area contributed by atoms with Gasteiger partial charge in [0.15, 0.2) is 0 Å². The number of fused-ring (bicyclic) bond motifs is 1. The molecule has 3 nitrogen and oxygen atoms in total. The lowest BCUT2D eigenvalue weighted by molar-refractivity contribution is -0.120. The molecule has 0 fully saturated rings. The van der Waals surface area contributed by atoms with Gasteiger partial charge in [0, 0.05) is 11.4 Å². The molecule has 0 saturated carbocycles. The van der Waals surface area contributed by atoms with Gasteiger partial charge in [0.2, 0.25) is 5.91 Å². The molecule has 0 atom stereocenters. The second-order valence-corrected chi connectivity index (χ2v) is 6.28. The number of rotatable bonds is 5. The van der Waals surface area contributed by atoms with Gasteiger partial charge in [0.05, 0.1) is 13.0 Å². The van der Waals surface area contributed by atoms with E-state index in [0.29, 0.717) is 13.0 Å². The van der Waals surface area contributed by atoms with Crippen LogP contribution in [0.5, 0.6) is 5.75 Å². The van der Waals surface area contributed by atoms with E-state index in [1.54, 1.807) is 11.3 Å². The summed E-state index contributed by atoms with van der Waals surface area (Å²) in [7, 11) is 0. The molecule has 4 heteroatoms. The van der Waals surface area contributed by atoms with E-state index in [1.807, 2.05) is 18.2 Å². The average Bonchev–Trinajstić information content (AvgIpc) is 3.00. The van der Waals surface area contributed by atoms with Crippen LogP contribution in [0.4, 0.5) is 0 Å². The van der Waals surface area contributed by atoms with Crippen molar-refractivity contribution >= 4 is 17.2 Å². The number of benzene rings is 1. The SMILES string of the molecule is O=C(Cc1ccc2c(c1)CCCO2)NCCc1cccs1. The van der Waals surface area contributed by atoms with Gasteiger partial charge in [-0.05, 0) is 47.9 Å². The topological polar surface area (TPSA) is 38.3 Å². The lowest BCUT2D eigenvalue weighted by Gasteiger charge is -2.17. The number of aryl methyl sites for hydroxylation is 1. The van der Waals surface area contributed by atoms with Gasteiger partial charge in [0.25, 0.3) is 0 Å². The van der Waals surface area contributed by atoms with Crippen LogP contribution in [0.1, 0.15) is 22.4 Å². The molecule has 1 aliphatic heterocycles. The maximum atomic E-state index is 12.0. The highest BCUT2D eigenvalue weighted by atomic mass is 32.1. The smallest absolute Gasteiger partial charge is 0.224 e. The maximum absolute atomic E-state index is 12.0. The highest BCUT2D eigenvalue weighted by molar-refractivity contribution is 7.09. The van der Waals surface area contributed by atoms with Crippen LogP contribution >= 0.6 is 11.3 Å². The van der Waals surface area contributed by atoms with E-state index in [2.05, 4.69) is 22.8 Å². The zero-order valence-electron chi connectivity index (χ0n) is 11.9. The molecule has 0 aliphatic carbocycles. The maximum Gasteiger partial charge on any atom is 0.224 e. The lowest BCUT2D eigenvalue weighted by atomic mass is 10.0. The molecule has 0 radical (unpaired) electrons. The van der Waals surface area contributed by atoms with Crippen molar-refractivity contribution in [3.05, 3.63) is 51.7 Å². The van der Waals surface area contributed by atoms with E-state index >= 15 is 0 Å². The average molecular weight is 301 g/mol. The van der Waals surface area contributed by atoms with Gasteiger partial charge in [-0.25, -0.2) is 0 Å². The first-order valence-corrected chi connectivity index (χ1v) is 8.23. The fourth-order valence-corrected chi connectivity index (χ4v) is 3.26. The lowest BCUT2D eigenvalue weighted by Crippen LogP contribution is -2.27. The van der Waals surface area contributed by atoms with Crippen molar-refractivity contribution in [2.24, 2.45) is 0 Å². The molecule has 3 rings (SSSR count). The van der Waals surface area contributed by atoms with Crippen molar-refractivity contribution in [1.29, 1.82) is 0 Å². The summed E-state index contributed by atoms with van der Waals surface area (Å²) in [4.78, 5) is 13.3. The summed E-state index contributed by atoms with van der Waals surface area (Å²) in [6, 6.07) is 10.2. The Morgan fingerprint density at radius 2 is 2.29 bits per heavy atom. The van der Waals surface area contributed by atoms with Gasteiger partial charge < -0.3 is 10.1 Å². The van der Waals surface area contributed by atoms with Gasteiger partial charge >= 0.3 is 0 Å². The molecule has 1 aromatic heterocycles. The fraction of sp³-hybridized carbons (Fsp3) is 0.353. The third kappa shape index (κ3) is 3.85. The third-order valence-electron chi connectivity index (χ3n) is 3.61. The third-order valence-corrected chi connectivity index (χ3v) is 4.55. The summed E-state index contributed by atoms with van der Waals surface area (Å²) in [5.41, 5.74) is 2.29.